The standard InChI is InChI=1S/C18H21N7O2/c1-25(11-15-12-5-4-7-13(12)22-23-15)18(26)20-10-8-16-21-17(24-27-16)14-6-2-3-9-19-14/h2-3,6,9H,4-5,7-8,10-11H2,1H3,(H,20,26)(H,22,23). The second-order valence-corrected chi connectivity index (χ2v) is 6.55. The second-order valence-electron chi connectivity index (χ2n) is 6.55. The van der Waals surface area contributed by atoms with Crippen molar-refractivity contribution in [2.75, 3.05) is 13.6 Å². The summed E-state index contributed by atoms with van der Waals surface area (Å²) >= 11 is 0. The van der Waals surface area contributed by atoms with Crippen LogP contribution in [0.5, 0.6) is 0 Å². The Morgan fingerprint density at radius 3 is 3.15 bits per heavy atom. The molecule has 9 heteroatoms. The van der Waals surface area contributed by atoms with E-state index in [1.54, 1.807) is 18.1 Å². The number of urea groups is 1. The largest absolute Gasteiger partial charge is 0.339 e. The number of amides is 2. The van der Waals surface area contributed by atoms with Gasteiger partial charge in [0.15, 0.2) is 0 Å². The fourth-order valence-corrected chi connectivity index (χ4v) is 3.18. The predicted molar refractivity (Wildman–Crippen MR) is 96.7 cm³/mol. The van der Waals surface area contributed by atoms with Crippen LogP contribution in [0.3, 0.4) is 0 Å². The molecule has 1 aliphatic rings. The Morgan fingerprint density at radius 1 is 1.37 bits per heavy atom. The number of carbonyl (C=O) groups excluding carboxylic acids is 1. The molecule has 0 fully saturated rings. The molecule has 0 saturated carbocycles. The van der Waals surface area contributed by atoms with Crippen LogP contribution in [0.4, 0.5) is 4.79 Å². The van der Waals surface area contributed by atoms with Crippen LogP contribution in [0.25, 0.3) is 11.5 Å². The molecule has 0 aliphatic heterocycles. The smallest absolute Gasteiger partial charge is 0.317 e. The van der Waals surface area contributed by atoms with Crippen LogP contribution in [-0.4, -0.2) is 49.8 Å². The first kappa shape index (κ1) is 17.2. The minimum Gasteiger partial charge on any atom is -0.339 e. The van der Waals surface area contributed by atoms with Crippen molar-refractivity contribution in [3.8, 4) is 11.5 Å². The number of carbonyl (C=O) groups is 1. The quantitative estimate of drug-likeness (QED) is 0.686. The van der Waals surface area contributed by atoms with Gasteiger partial charge in [0.25, 0.3) is 0 Å². The van der Waals surface area contributed by atoms with Crippen molar-refractivity contribution >= 4 is 6.03 Å². The lowest BCUT2D eigenvalue weighted by molar-refractivity contribution is 0.206. The summed E-state index contributed by atoms with van der Waals surface area (Å²) in [5.74, 6) is 0.908. The van der Waals surface area contributed by atoms with E-state index >= 15 is 0 Å². The van der Waals surface area contributed by atoms with E-state index in [-0.39, 0.29) is 6.03 Å². The van der Waals surface area contributed by atoms with E-state index in [2.05, 4.69) is 30.6 Å². The molecule has 0 aromatic carbocycles. The third-order valence-electron chi connectivity index (χ3n) is 4.60. The van der Waals surface area contributed by atoms with Crippen LogP contribution in [0.2, 0.25) is 0 Å². The van der Waals surface area contributed by atoms with Gasteiger partial charge in [-0.15, -0.1) is 0 Å². The number of aryl methyl sites for hydroxylation is 1. The summed E-state index contributed by atoms with van der Waals surface area (Å²) in [4.78, 5) is 22.4. The van der Waals surface area contributed by atoms with Gasteiger partial charge in [0.05, 0.1) is 12.2 Å². The number of aromatic amines is 1. The van der Waals surface area contributed by atoms with E-state index < -0.39 is 0 Å². The van der Waals surface area contributed by atoms with Gasteiger partial charge >= 0.3 is 6.03 Å². The molecule has 1 aliphatic carbocycles. The van der Waals surface area contributed by atoms with Gasteiger partial charge in [-0.1, -0.05) is 11.2 Å². The van der Waals surface area contributed by atoms with E-state index in [1.165, 1.54) is 11.3 Å². The highest BCUT2D eigenvalue weighted by molar-refractivity contribution is 5.73. The van der Waals surface area contributed by atoms with Gasteiger partial charge in [0.2, 0.25) is 11.7 Å². The number of nitrogens with one attached hydrogen (secondary N) is 2. The summed E-state index contributed by atoms with van der Waals surface area (Å²) in [7, 11) is 1.76. The molecule has 0 spiro atoms. The van der Waals surface area contributed by atoms with Crippen molar-refractivity contribution < 1.29 is 9.32 Å². The van der Waals surface area contributed by atoms with E-state index in [1.807, 2.05) is 18.2 Å². The zero-order valence-electron chi connectivity index (χ0n) is 15.1. The van der Waals surface area contributed by atoms with Crippen molar-refractivity contribution in [3.63, 3.8) is 0 Å². The third kappa shape index (κ3) is 3.81. The van der Waals surface area contributed by atoms with Crippen LogP contribution in [0.1, 0.15) is 29.3 Å². The Morgan fingerprint density at radius 2 is 2.30 bits per heavy atom. The zero-order valence-corrected chi connectivity index (χ0v) is 15.1. The van der Waals surface area contributed by atoms with E-state index in [9.17, 15) is 4.79 Å². The Hall–Kier alpha value is -3.23. The van der Waals surface area contributed by atoms with Gasteiger partial charge < -0.3 is 14.7 Å². The predicted octanol–water partition coefficient (Wildman–Crippen LogP) is 1.73. The highest BCUT2D eigenvalue weighted by Gasteiger charge is 2.20. The molecule has 0 atom stereocenters. The van der Waals surface area contributed by atoms with Gasteiger partial charge in [0.1, 0.15) is 5.69 Å². The first-order valence-corrected chi connectivity index (χ1v) is 8.98. The minimum atomic E-state index is -0.158. The molecule has 0 radical (unpaired) electrons. The summed E-state index contributed by atoms with van der Waals surface area (Å²) in [6.07, 6.45) is 5.36. The number of fused-ring (bicyclic) bond motifs is 1. The van der Waals surface area contributed by atoms with Crippen LogP contribution < -0.4 is 5.32 Å². The Bertz CT molecular complexity index is 919. The molecule has 2 amide bonds. The molecular formula is C18H21N7O2. The molecule has 3 heterocycles. The third-order valence-corrected chi connectivity index (χ3v) is 4.60. The molecule has 3 aromatic heterocycles. The van der Waals surface area contributed by atoms with E-state index in [0.717, 1.165) is 25.0 Å². The number of hydrogen-bond acceptors (Lipinski definition) is 6. The molecule has 4 rings (SSSR count). The number of pyridine rings is 1. The van der Waals surface area contributed by atoms with Crippen LogP contribution >= 0.6 is 0 Å². The molecule has 0 saturated heterocycles. The molecular weight excluding hydrogens is 346 g/mol. The maximum Gasteiger partial charge on any atom is 0.317 e. The number of hydrogen-bond donors (Lipinski definition) is 2. The zero-order chi connectivity index (χ0) is 18.6. The van der Waals surface area contributed by atoms with Crippen LogP contribution in [0, 0.1) is 0 Å². The average molecular weight is 367 g/mol. The Labute approximate surface area is 156 Å². The molecule has 27 heavy (non-hydrogen) atoms. The van der Waals surface area contributed by atoms with Gasteiger partial charge in [-0.05, 0) is 37.0 Å². The molecule has 3 aromatic rings. The highest BCUT2D eigenvalue weighted by Crippen LogP contribution is 2.23. The maximum absolute atomic E-state index is 12.3. The normalized spacial score (nSPS) is 12.8. The molecule has 0 unspecified atom stereocenters. The monoisotopic (exact) mass is 367 g/mol. The SMILES string of the molecule is CN(Cc1n[nH]c2c1CCC2)C(=O)NCCc1nc(-c2ccccn2)no1. The van der Waals surface area contributed by atoms with Crippen LogP contribution in [0.15, 0.2) is 28.9 Å². The van der Waals surface area contributed by atoms with Gasteiger partial charge in [-0.3, -0.25) is 10.1 Å². The van der Waals surface area contributed by atoms with Crippen molar-refractivity contribution in [3.05, 3.63) is 47.2 Å². The van der Waals surface area contributed by atoms with Crippen molar-refractivity contribution in [2.45, 2.75) is 32.2 Å². The molecule has 140 valence electrons. The minimum absolute atomic E-state index is 0.158. The van der Waals surface area contributed by atoms with Crippen LogP contribution in [-0.2, 0) is 25.8 Å². The van der Waals surface area contributed by atoms with E-state index in [0.29, 0.717) is 36.9 Å². The number of rotatable bonds is 6. The van der Waals surface area contributed by atoms with Crippen molar-refractivity contribution in [1.82, 2.24) is 35.5 Å². The number of aromatic nitrogens is 5. The average Bonchev–Trinajstić information content (AvgIpc) is 3.41. The van der Waals surface area contributed by atoms with Gasteiger partial charge in [0, 0.05) is 31.9 Å². The lowest BCUT2D eigenvalue weighted by atomic mass is 10.2. The lowest BCUT2D eigenvalue weighted by Crippen LogP contribution is -2.38. The molecule has 0 bridgehead atoms. The Balaban J connectivity index is 1.26. The lowest BCUT2D eigenvalue weighted by Gasteiger charge is -2.17. The second kappa shape index (κ2) is 7.56. The first-order chi connectivity index (χ1) is 13.2. The van der Waals surface area contributed by atoms with Gasteiger partial charge in [-0.2, -0.15) is 10.1 Å². The number of nitrogens with zero attached hydrogens (tertiary/aromatic N) is 5. The summed E-state index contributed by atoms with van der Waals surface area (Å²) in [6.45, 7) is 0.897. The summed E-state index contributed by atoms with van der Waals surface area (Å²) < 4.78 is 5.22. The van der Waals surface area contributed by atoms with Crippen molar-refractivity contribution in [1.29, 1.82) is 0 Å². The summed E-state index contributed by atoms with van der Waals surface area (Å²) in [5, 5.41) is 14.2. The fraction of sp³-hybridized carbons (Fsp3) is 0.389. The van der Waals surface area contributed by atoms with E-state index in [4.69, 9.17) is 4.52 Å². The first-order valence-electron chi connectivity index (χ1n) is 8.98. The van der Waals surface area contributed by atoms with Gasteiger partial charge in [-0.25, -0.2) is 4.79 Å². The van der Waals surface area contributed by atoms with Crippen molar-refractivity contribution in [2.24, 2.45) is 0 Å². The Kier molecular flexibility index (Phi) is 4.82. The maximum atomic E-state index is 12.3. The highest BCUT2D eigenvalue weighted by atomic mass is 16.5. The number of H-pyrrole nitrogens is 1. The molecule has 9 nitrogen and oxygen atoms in total. The molecule has 2 N–H and O–H groups in total. The fourth-order valence-electron chi connectivity index (χ4n) is 3.18. The topological polar surface area (TPSA) is 113 Å². The summed E-state index contributed by atoms with van der Waals surface area (Å²) in [5.41, 5.74) is 4.08. The summed E-state index contributed by atoms with van der Waals surface area (Å²) in [6, 6.07) is 5.35.